The highest BCUT2D eigenvalue weighted by Gasteiger charge is 2.53. The van der Waals surface area contributed by atoms with Crippen molar-refractivity contribution in [3.05, 3.63) is 88.5 Å². The Morgan fingerprint density at radius 1 is 1.00 bits per heavy atom. The van der Waals surface area contributed by atoms with E-state index in [4.69, 9.17) is 14.6 Å². The first-order chi connectivity index (χ1) is 19.4. The highest BCUT2D eigenvalue weighted by atomic mass is 19.1. The second kappa shape index (κ2) is 10.7. The minimum absolute atomic E-state index is 0.0210. The maximum absolute atomic E-state index is 14.0. The first-order valence-electron chi connectivity index (χ1n) is 14.0. The Balaban J connectivity index is 1.17. The molecule has 3 aromatic carbocycles. The monoisotopic (exact) mass is 544 g/mol. The van der Waals surface area contributed by atoms with Crippen LogP contribution in [0.4, 0.5) is 8.78 Å². The fourth-order valence-corrected chi connectivity index (χ4v) is 7.43. The molecule has 208 valence electrons. The van der Waals surface area contributed by atoms with Crippen molar-refractivity contribution >= 4 is 11.9 Å². The Morgan fingerprint density at radius 3 is 2.67 bits per heavy atom. The molecule has 5 nitrogen and oxygen atoms in total. The summed E-state index contributed by atoms with van der Waals surface area (Å²) < 4.78 is 38.3. The van der Waals surface area contributed by atoms with Gasteiger partial charge < -0.3 is 14.6 Å². The number of rotatable bonds is 6. The van der Waals surface area contributed by atoms with Crippen molar-refractivity contribution < 1.29 is 23.4 Å². The number of halogens is 2. The van der Waals surface area contributed by atoms with E-state index in [0.29, 0.717) is 29.3 Å². The standard InChI is InChI=1S/C33H34F2N2O3/c1-33-14-13-26-25-8-6-24(38)16-21(25)4-7-27(26)28(33)9-12-32(33)37-36-18-20-3-10-30(39-2)22(15-20)19-40-31-11-5-23(34)17-29(31)35/h3,5-6,8,10-11,15-18,26-28,38H,4,7,9,12-14,19H2,1-2H3/b36-18-,37-32-/t26-,27-,28+,33-/m0/s1. The molecule has 3 aliphatic rings. The normalized spacial score (nSPS) is 26.4. The number of nitrogens with zero attached hydrogens (tertiary/aromatic N) is 2. The number of aromatic hydroxyl groups is 1. The van der Waals surface area contributed by atoms with Gasteiger partial charge in [-0.15, -0.1) is 0 Å². The number of phenols is 1. The molecular weight excluding hydrogens is 510 g/mol. The van der Waals surface area contributed by atoms with Gasteiger partial charge >= 0.3 is 0 Å². The van der Waals surface area contributed by atoms with Crippen molar-refractivity contribution in [2.75, 3.05) is 7.11 Å². The highest BCUT2D eigenvalue weighted by Crippen LogP contribution is 2.60. The van der Waals surface area contributed by atoms with E-state index in [9.17, 15) is 13.9 Å². The summed E-state index contributed by atoms with van der Waals surface area (Å²) in [6.45, 7) is 2.44. The van der Waals surface area contributed by atoms with Gasteiger partial charge in [0.25, 0.3) is 0 Å². The zero-order chi connectivity index (χ0) is 27.9. The van der Waals surface area contributed by atoms with Crippen LogP contribution in [0.15, 0.2) is 64.8 Å². The van der Waals surface area contributed by atoms with Gasteiger partial charge in [-0.05, 0) is 115 Å². The number of ether oxygens (including phenoxy) is 2. The minimum atomic E-state index is -0.748. The van der Waals surface area contributed by atoms with Gasteiger partial charge in [-0.2, -0.15) is 10.2 Å². The number of hydrogen-bond donors (Lipinski definition) is 1. The predicted octanol–water partition coefficient (Wildman–Crippen LogP) is 7.59. The summed E-state index contributed by atoms with van der Waals surface area (Å²) >= 11 is 0. The summed E-state index contributed by atoms with van der Waals surface area (Å²) in [5, 5.41) is 19.2. The maximum atomic E-state index is 14.0. The number of fused-ring (bicyclic) bond motifs is 5. The Morgan fingerprint density at radius 2 is 1.85 bits per heavy atom. The third kappa shape index (κ3) is 4.87. The Bertz CT molecular complexity index is 1490. The molecule has 0 saturated heterocycles. The van der Waals surface area contributed by atoms with Crippen LogP contribution in [0.2, 0.25) is 0 Å². The fourth-order valence-electron chi connectivity index (χ4n) is 7.43. The van der Waals surface area contributed by atoms with Crippen molar-refractivity contribution in [3.8, 4) is 17.2 Å². The summed E-state index contributed by atoms with van der Waals surface area (Å²) in [4.78, 5) is 0. The van der Waals surface area contributed by atoms with E-state index >= 15 is 0 Å². The van der Waals surface area contributed by atoms with Crippen molar-refractivity contribution in [1.29, 1.82) is 0 Å². The number of benzene rings is 3. The SMILES string of the molecule is COc1ccc(/C=N\N=C2\CC[C@@H]3[C@H]4CCc5cc(O)ccc5[C@@H]4CC[C@]23C)cc1COc1ccc(F)cc1F. The molecule has 6 rings (SSSR count). The average Bonchev–Trinajstić information content (AvgIpc) is 3.28. The van der Waals surface area contributed by atoms with Gasteiger partial charge in [0.1, 0.15) is 23.9 Å². The molecule has 3 aromatic rings. The zero-order valence-electron chi connectivity index (χ0n) is 22.9. The summed E-state index contributed by atoms with van der Waals surface area (Å²) in [6.07, 6.45) is 8.26. The lowest BCUT2D eigenvalue weighted by Gasteiger charge is -2.49. The molecule has 4 atom stereocenters. The van der Waals surface area contributed by atoms with Crippen molar-refractivity contribution in [2.24, 2.45) is 27.5 Å². The highest BCUT2D eigenvalue weighted by molar-refractivity contribution is 5.93. The molecule has 0 unspecified atom stereocenters. The van der Waals surface area contributed by atoms with Crippen LogP contribution in [0, 0.1) is 28.9 Å². The van der Waals surface area contributed by atoms with E-state index in [1.165, 1.54) is 22.9 Å². The van der Waals surface area contributed by atoms with E-state index in [1.807, 2.05) is 30.3 Å². The first kappa shape index (κ1) is 26.5. The third-order valence-electron chi connectivity index (χ3n) is 9.42. The Hall–Kier alpha value is -3.74. The fraction of sp³-hybridized carbons (Fsp3) is 0.394. The zero-order valence-corrected chi connectivity index (χ0v) is 22.9. The molecule has 2 fully saturated rings. The van der Waals surface area contributed by atoms with Crippen LogP contribution in [-0.4, -0.2) is 24.1 Å². The lowest BCUT2D eigenvalue weighted by Crippen LogP contribution is -2.42. The lowest BCUT2D eigenvalue weighted by molar-refractivity contribution is 0.0955. The number of aryl methyl sites for hydroxylation is 1. The second-order valence-corrected chi connectivity index (χ2v) is 11.5. The molecule has 0 radical (unpaired) electrons. The molecule has 2 saturated carbocycles. The smallest absolute Gasteiger partial charge is 0.167 e. The van der Waals surface area contributed by atoms with Gasteiger partial charge in [0.05, 0.1) is 13.3 Å². The lowest BCUT2D eigenvalue weighted by atomic mass is 9.55. The van der Waals surface area contributed by atoms with Gasteiger partial charge in [0.2, 0.25) is 0 Å². The van der Waals surface area contributed by atoms with Gasteiger partial charge in [0, 0.05) is 22.8 Å². The minimum Gasteiger partial charge on any atom is -0.508 e. The largest absolute Gasteiger partial charge is 0.508 e. The summed E-state index contributed by atoms with van der Waals surface area (Å²) in [7, 11) is 1.57. The molecule has 0 spiro atoms. The van der Waals surface area contributed by atoms with Crippen molar-refractivity contribution in [1.82, 2.24) is 0 Å². The predicted molar refractivity (Wildman–Crippen MR) is 151 cm³/mol. The van der Waals surface area contributed by atoms with Gasteiger partial charge in [-0.25, -0.2) is 8.78 Å². The van der Waals surface area contributed by atoms with Crippen LogP contribution in [0.25, 0.3) is 0 Å². The first-order valence-corrected chi connectivity index (χ1v) is 14.0. The topological polar surface area (TPSA) is 63.4 Å². The molecule has 40 heavy (non-hydrogen) atoms. The maximum Gasteiger partial charge on any atom is 0.167 e. The molecular formula is C33H34F2N2O3. The van der Waals surface area contributed by atoms with Crippen molar-refractivity contribution in [2.45, 2.75) is 58.0 Å². The quantitative estimate of drug-likeness (QED) is 0.257. The average molecular weight is 545 g/mol. The molecule has 7 heteroatoms. The number of methoxy groups -OCH3 is 1. The molecule has 0 aliphatic heterocycles. The third-order valence-corrected chi connectivity index (χ3v) is 9.42. The molecule has 3 aliphatic carbocycles. The Kier molecular flexibility index (Phi) is 7.07. The van der Waals surface area contributed by atoms with Crippen LogP contribution in [0.1, 0.15) is 67.2 Å². The van der Waals surface area contributed by atoms with E-state index < -0.39 is 11.6 Å². The van der Waals surface area contributed by atoms with Gasteiger partial charge in [-0.1, -0.05) is 13.0 Å². The van der Waals surface area contributed by atoms with Gasteiger partial charge in [-0.3, -0.25) is 0 Å². The molecule has 0 amide bonds. The molecule has 0 heterocycles. The van der Waals surface area contributed by atoms with E-state index in [2.05, 4.69) is 18.1 Å². The van der Waals surface area contributed by atoms with Crippen LogP contribution < -0.4 is 9.47 Å². The van der Waals surface area contributed by atoms with Crippen LogP contribution in [0.5, 0.6) is 17.2 Å². The summed E-state index contributed by atoms with van der Waals surface area (Å²) in [6, 6.07) is 14.8. The second-order valence-electron chi connectivity index (χ2n) is 11.5. The van der Waals surface area contributed by atoms with E-state index in [0.717, 1.165) is 61.8 Å². The Labute approximate surface area is 233 Å². The van der Waals surface area contributed by atoms with Gasteiger partial charge in [0.15, 0.2) is 11.6 Å². The molecule has 0 aromatic heterocycles. The van der Waals surface area contributed by atoms with Crippen LogP contribution >= 0.6 is 0 Å². The van der Waals surface area contributed by atoms with Crippen molar-refractivity contribution in [3.63, 3.8) is 0 Å². The van der Waals surface area contributed by atoms with Crippen LogP contribution in [0.3, 0.4) is 0 Å². The van der Waals surface area contributed by atoms with E-state index in [1.54, 1.807) is 13.3 Å². The number of hydrogen-bond acceptors (Lipinski definition) is 5. The summed E-state index contributed by atoms with van der Waals surface area (Å²) in [5.74, 6) is 1.36. The number of phenolic OH excluding ortho intramolecular Hbond substituents is 1. The van der Waals surface area contributed by atoms with Crippen LogP contribution in [-0.2, 0) is 13.0 Å². The van der Waals surface area contributed by atoms with E-state index in [-0.39, 0.29) is 17.8 Å². The molecule has 0 bridgehead atoms. The molecule has 1 N–H and O–H groups in total. The summed E-state index contributed by atoms with van der Waals surface area (Å²) in [5.41, 5.74) is 5.55.